The number of hydrogen-bond acceptors (Lipinski definition) is 2. The highest BCUT2D eigenvalue weighted by molar-refractivity contribution is 14.1. The van der Waals surface area contributed by atoms with Crippen molar-refractivity contribution in [3.8, 4) is 5.75 Å². The number of alkyl halides is 1. The van der Waals surface area contributed by atoms with Gasteiger partial charge in [-0.25, -0.2) is 4.39 Å². The molecule has 0 spiro atoms. The molecule has 1 unspecified atom stereocenters. The molecule has 0 heterocycles. The maximum atomic E-state index is 13.5. The van der Waals surface area contributed by atoms with Crippen molar-refractivity contribution in [2.75, 3.05) is 11.5 Å². The van der Waals surface area contributed by atoms with Gasteiger partial charge in [0.25, 0.3) is 0 Å². The number of halogens is 2. The standard InChI is InChI=1S/C13H19FINO/c1-9(2)12(7-15)16-8-10-4-5-13(17-3)11(14)6-10/h4-6,9,12,16H,7-8H2,1-3H3. The molecule has 0 fully saturated rings. The van der Waals surface area contributed by atoms with Gasteiger partial charge in [-0.3, -0.25) is 0 Å². The molecule has 0 aliphatic heterocycles. The van der Waals surface area contributed by atoms with Crippen LogP contribution in [0, 0.1) is 11.7 Å². The molecule has 1 atom stereocenters. The molecule has 0 aliphatic rings. The maximum Gasteiger partial charge on any atom is 0.165 e. The summed E-state index contributed by atoms with van der Waals surface area (Å²) in [5.41, 5.74) is 0.943. The molecule has 0 bridgehead atoms. The lowest BCUT2D eigenvalue weighted by molar-refractivity contribution is 0.385. The summed E-state index contributed by atoms with van der Waals surface area (Å²) < 4.78 is 19.4. The molecule has 1 N–H and O–H groups in total. The Hall–Kier alpha value is -0.360. The Balaban J connectivity index is 2.60. The summed E-state index contributed by atoms with van der Waals surface area (Å²) in [7, 11) is 1.47. The minimum Gasteiger partial charge on any atom is -0.494 e. The van der Waals surface area contributed by atoms with Crippen LogP contribution in [0.3, 0.4) is 0 Å². The molecule has 4 heteroatoms. The lowest BCUT2D eigenvalue weighted by Gasteiger charge is -2.20. The fourth-order valence-corrected chi connectivity index (χ4v) is 2.87. The first-order chi connectivity index (χ1) is 8.08. The fraction of sp³-hybridized carbons (Fsp3) is 0.538. The Labute approximate surface area is 116 Å². The molecule has 0 radical (unpaired) electrons. The van der Waals surface area contributed by atoms with Crippen LogP contribution in [0.25, 0.3) is 0 Å². The zero-order valence-electron chi connectivity index (χ0n) is 10.5. The van der Waals surface area contributed by atoms with Crippen LogP contribution in [-0.4, -0.2) is 17.6 Å². The van der Waals surface area contributed by atoms with Gasteiger partial charge >= 0.3 is 0 Å². The SMILES string of the molecule is COc1ccc(CNC(CI)C(C)C)cc1F. The molecule has 1 aromatic rings. The lowest BCUT2D eigenvalue weighted by Crippen LogP contribution is -2.34. The van der Waals surface area contributed by atoms with Gasteiger partial charge in [0.2, 0.25) is 0 Å². The Morgan fingerprint density at radius 2 is 2.12 bits per heavy atom. The van der Waals surface area contributed by atoms with Crippen molar-refractivity contribution in [1.29, 1.82) is 0 Å². The van der Waals surface area contributed by atoms with Crippen LogP contribution in [-0.2, 0) is 6.54 Å². The first-order valence-corrected chi connectivity index (χ1v) is 7.22. The summed E-state index contributed by atoms with van der Waals surface area (Å²) in [6.45, 7) is 5.06. The van der Waals surface area contributed by atoms with Crippen LogP contribution in [0.4, 0.5) is 4.39 Å². The van der Waals surface area contributed by atoms with Crippen molar-refractivity contribution in [3.63, 3.8) is 0 Å². The number of nitrogens with one attached hydrogen (secondary N) is 1. The van der Waals surface area contributed by atoms with E-state index in [4.69, 9.17) is 4.74 Å². The summed E-state index contributed by atoms with van der Waals surface area (Å²) >= 11 is 2.37. The zero-order chi connectivity index (χ0) is 12.8. The smallest absolute Gasteiger partial charge is 0.165 e. The monoisotopic (exact) mass is 351 g/mol. The first-order valence-electron chi connectivity index (χ1n) is 5.70. The van der Waals surface area contributed by atoms with Gasteiger partial charge in [0.05, 0.1) is 7.11 Å². The van der Waals surface area contributed by atoms with Crippen molar-refractivity contribution in [1.82, 2.24) is 5.32 Å². The van der Waals surface area contributed by atoms with Crippen LogP contribution in [0.1, 0.15) is 19.4 Å². The van der Waals surface area contributed by atoms with E-state index in [2.05, 4.69) is 41.8 Å². The Morgan fingerprint density at radius 1 is 1.41 bits per heavy atom. The molecular formula is C13H19FINO. The average Bonchev–Trinajstić information content (AvgIpc) is 2.29. The van der Waals surface area contributed by atoms with E-state index in [0.717, 1.165) is 9.99 Å². The third-order valence-electron chi connectivity index (χ3n) is 2.76. The number of hydrogen-bond donors (Lipinski definition) is 1. The van der Waals surface area contributed by atoms with Crippen LogP contribution in [0.2, 0.25) is 0 Å². The lowest BCUT2D eigenvalue weighted by atomic mass is 10.1. The largest absolute Gasteiger partial charge is 0.494 e. The molecule has 1 rings (SSSR count). The highest BCUT2D eigenvalue weighted by atomic mass is 127. The molecule has 96 valence electrons. The minimum atomic E-state index is -0.303. The van der Waals surface area contributed by atoms with Crippen molar-refractivity contribution in [3.05, 3.63) is 29.6 Å². The molecule has 0 aromatic heterocycles. The van der Waals surface area contributed by atoms with E-state index in [9.17, 15) is 4.39 Å². The van der Waals surface area contributed by atoms with Crippen LogP contribution < -0.4 is 10.1 Å². The van der Waals surface area contributed by atoms with Gasteiger partial charge in [-0.05, 0) is 23.6 Å². The van der Waals surface area contributed by atoms with Gasteiger partial charge in [0.15, 0.2) is 11.6 Å². The molecule has 1 aromatic carbocycles. The van der Waals surface area contributed by atoms with Gasteiger partial charge in [-0.1, -0.05) is 42.5 Å². The van der Waals surface area contributed by atoms with E-state index >= 15 is 0 Å². The quantitative estimate of drug-likeness (QED) is 0.627. The van der Waals surface area contributed by atoms with E-state index < -0.39 is 0 Å². The molecule has 17 heavy (non-hydrogen) atoms. The second kappa shape index (κ2) is 7.16. The van der Waals surface area contributed by atoms with E-state index in [0.29, 0.717) is 24.3 Å². The van der Waals surface area contributed by atoms with E-state index in [1.54, 1.807) is 6.07 Å². The van der Waals surface area contributed by atoms with Crippen molar-refractivity contribution in [2.45, 2.75) is 26.4 Å². The summed E-state index contributed by atoms with van der Waals surface area (Å²) in [6.07, 6.45) is 0. The number of ether oxygens (including phenoxy) is 1. The predicted octanol–water partition coefficient (Wildman–Crippen LogP) is 3.38. The average molecular weight is 351 g/mol. The van der Waals surface area contributed by atoms with Crippen LogP contribution >= 0.6 is 22.6 Å². The minimum absolute atomic E-state index is 0.294. The zero-order valence-corrected chi connectivity index (χ0v) is 12.6. The maximum absolute atomic E-state index is 13.5. The molecule has 0 aliphatic carbocycles. The van der Waals surface area contributed by atoms with Gasteiger partial charge in [-0.15, -0.1) is 0 Å². The second-order valence-corrected chi connectivity index (χ2v) is 5.24. The Bertz CT molecular complexity index is 357. The van der Waals surface area contributed by atoms with E-state index in [-0.39, 0.29) is 5.82 Å². The third kappa shape index (κ3) is 4.43. The molecule has 0 saturated heterocycles. The summed E-state index contributed by atoms with van der Waals surface area (Å²) in [6, 6.07) is 5.54. The predicted molar refractivity (Wildman–Crippen MR) is 77.3 cm³/mol. The number of rotatable bonds is 6. The third-order valence-corrected chi connectivity index (χ3v) is 3.70. The molecule has 0 amide bonds. The van der Waals surface area contributed by atoms with Crippen LogP contribution in [0.15, 0.2) is 18.2 Å². The number of methoxy groups -OCH3 is 1. The first kappa shape index (κ1) is 14.7. The van der Waals surface area contributed by atoms with Gasteiger partial charge in [0, 0.05) is 17.0 Å². The summed E-state index contributed by atoms with van der Waals surface area (Å²) in [4.78, 5) is 0. The molecule has 0 saturated carbocycles. The van der Waals surface area contributed by atoms with Crippen molar-refractivity contribution >= 4 is 22.6 Å². The highest BCUT2D eigenvalue weighted by Gasteiger charge is 2.11. The van der Waals surface area contributed by atoms with Gasteiger partial charge < -0.3 is 10.1 Å². The Morgan fingerprint density at radius 3 is 2.59 bits per heavy atom. The Kier molecular flexibility index (Phi) is 6.19. The van der Waals surface area contributed by atoms with E-state index in [1.807, 2.05) is 6.07 Å². The normalized spacial score (nSPS) is 12.8. The van der Waals surface area contributed by atoms with Crippen molar-refractivity contribution < 1.29 is 9.13 Å². The van der Waals surface area contributed by atoms with Crippen molar-refractivity contribution in [2.24, 2.45) is 5.92 Å². The van der Waals surface area contributed by atoms with E-state index in [1.165, 1.54) is 13.2 Å². The second-order valence-electron chi connectivity index (χ2n) is 4.35. The van der Waals surface area contributed by atoms with Gasteiger partial charge in [0.1, 0.15) is 0 Å². The summed E-state index contributed by atoms with van der Waals surface area (Å²) in [5, 5.41) is 3.43. The number of benzene rings is 1. The molecule has 2 nitrogen and oxygen atoms in total. The van der Waals surface area contributed by atoms with Gasteiger partial charge in [-0.2, -0.15) is 0 Å². The summed E-state index contributed by atoms with van der Waals surface area (Å²) in [5.74, 6) is 0.570. The molecular weight excluding hydrogens is 332 g/mol. The fourth-order valence-electron chi connectivity index (χ4n) is 1.54. The van der Waals surface area contributed by atoms with Crippen LogP contribution in [0.5, 0.6) is 5.75 Å². The topological polar surface area (TPSA) is 21.3 Å². The highest BCUT2D eigenvalue weighted by Crippen LogP contribution is 2.18.